The fraction of sp³-hybridized carbons (Fsp3) is 0.333. The lowest BCUT2D eigenvalue weighted by Gasteiger charge is -2.26. The van der Waals surface area contributed by atoms with Crippen LogP contribution in [0.4, 0.5) is 16.2 Å². The van der Waals surface area contributed by atoms with Crippen LogP contribution in [0.25, 0.3) is 5.69 Å². The van der Waals surface area contributed by atoms with Gasteiger partial charge >= 0.3 is 6.09 Å². The minimum Gasteiger partial charge on any atom is -0.445 e. The number of aliphatic hydroxyl groups is 1. The van der Waals surface area contributed by atoms with Gasteiger partial charge in [0.2, 0.25) is 11.8 Å². The normalized spacial score (nSPS) is 12.7. The quantitative estimate of drug-likeness (QED) is 0.0851. The number of nitro benzene ring substituents is 2. The monoisotopic (exact) mass is 715 g/mol. The molecule has 3 atom stereocenters. The van der Waals surface area contributed by atoms with Gasteiger partial charge in [0.1, 0.15) is 24.4 Å². The number of rotatable bonds is 18. The number of benzene rings is 3. The molecule has 0 saturated heterocycles. The topological polar surface area (TPSA) is 221 Å². The number of nitrogens with zero attached hydrogens (tertiary/aromatic N) is 4. The molecule has 274 valence electrons. The predicted molar refractivity (Wildman–Crippen MR) is 189 cm³/mol. The minimum atomic E-state index is -1.24. The Morgan fingerprint density at radius 1 is 0.846 bits per heavy atom. The number of nitro groups is 2. The Labute approximate surface area is 299 Å². The number of non-ortho nitro benzene ring substituents is 1. The summed E-state index contributed by atoms with van der Waals surface area (Å²) in [5.41, 5.74) is 0.740. The first-order chi connectivity index (χ1) is 24.9. The average molecular weight is 716 g/mol. The Bertz CT molecular complexity index is 1830. The highest BCUT2D eigenvalue weighted by Crippen LogP contribution is 2.28. The van der Waals surface area contributed by atoms with Gasteiger partial charge in [-0.15, -0.1) is 0 Å². The van der Waals surface area contributed by atoms with Crippen molar-refractivity contribution in [3.63, 3.8) is 0 Å². The van der Waals surface area contributed by atoms with Crippen molar-refractivity contribution in [3.8, 4) is 5.69 Å². The zero-order valence-corrected chi connectivity index (χ0v) is 28.7. The Balaban J connectivity index is 1.60. The van der Waals surface area contributed by atoms with Crippen LogP contribution in [0.3, 0.4) is 0 Å². The molecule has 0 unspecified atom stereocenters. The van der Waals surface area contributed by atoms with Crippen LogP contribution in [0.15, 0.2) is 91.4 Å². The highest BCUT2D eigenvalue weighted by molar-refractivity contribution is 5.91. The number of hydrogen-bond donors (Lipinski definition) is 4. The first-order valence-electron chi connectivity index (χ1n) is 16.6. The molecule has 16 nitrogen and oxygen atoms in total. The number of alkyl carbamates (subject to hydrolysis) is 1. The number of carbonyl (C=O) groups excluding carboxylic acids is 3. The maximum atomic E-state index is 13.9. The number of nitrogens with one attached hydrogen (secondary N) is 3. The van der Waals surface area contributed by atoms with Crippen molar-refractivity contribution in [1.29, 1.82) is 0 Å². The fourth-order valence-electron chi connectivity index (χ4n) is 5.52. The summed E-state index contributed by atoms with van der Waals surface area (Å²) in [6.45, 7) is 3.73. The van der Waals surface area contributed by atoms with Crippen LogP contribution in [0, 0.1) is 26.1 Å². The van der Waals surface area contributed by atoms with Gasteiger partial charge in [-0.25, -0.2) is 9.78 Å². The van der Waals surface area contributed by atoms with Gasteiger partial charge in [-0.2, -0.15) is 0 Å². The van der Waals surface area contributed by atoms with E-state index in [1.165, 1.54) is 23.2 Å². The van der Waals surface area contributed by atoms with E-state index in [2.05, 4.69) is 20.9 Å². The largest absolute Gasteiger partial charge is 0.445 e. The number of aliphatic hydroxyl groups excluding tert-OH is 1. The maximum Gasteiger partial charge on any atom is 0.408 e. The van der Waals surface area contributed by atoms with E-state index >= 15 is 0 Å². The van der Waals surface area contributed by atoms with E-state index in [0.29, 0.717) is 6.42 Å². The fourth-order valence-corrected chi connectivity index (χ4v) is 5.52. The molecule has 52 heavy (non-hydrogen) atoms. The highest BCUT2D eigenvalue weighted by atomic mass is 16.6. The lowest BCUT2D eigenvalue weighted by molar-refractivity contribution is -0.394. The molecule has 3 amide bonds. The molecule has 1 aromatic heterocycles. The van der Waals surface area contributed by atoms with Gasteiger partial charge in [0.15, 0.2) is 0 Å². The van der Waals surface area contributed by atoms with Gasteiger partial charge in [0.25, 0.3) is 11.4 Å². The van der Waals surface area contributed by atoms with Crippen LogP contribution in [-0.2, 0) is 33.8 Å². The van der Waals surface area contributed by atoms with Crippen molar-refractivity contribution < 1.29 is 34.1 Å². The zero-order chi connectivity index (χ0) is 37.6. The second kappa shape index (κ2) is 18.7. The van der Waals surface area contributed by atoms with Crippen LogP contribution < -0.4 is 16.0 Å². The van der Waals surface area contributed by atoms with Crippen LogP contribution in [-0.4, -0.2) is 67.1 Å². The van der Waals surface area contributed by atoms with Gasteiger partial charge in [-0.05, 0) is 36.0 Å². The third-order valence-corrected chi connectivity index (χ3v) is 8.01. The van der Waals surface area contributed by atoms with Crippen molar-refractivity contribution in [2.45, 2.75) is 64.3 Å². The second-order valence-electron chi connectivity index (χ2n) is 12.5. The molecule has 3 aromatic carbocycles. The van der Waals surface area contributed by atoms with Crippen LogP contribution in [0.5, 0.6) is 0 Å². The van der Waals surface area contributed by atoms with Crippen LogP contribution in [0.2, 0.25) is 0 Å². The molecule has 0 spiro atoms. The van der Waals surface area contributed by atoms with E-state index in [-0.39, 0.29) is 49.8 Å². The first-order valence-corrected chi connectivity index (χ1v) is 16.6. The minimum absolute atomic E-state index is 0.000436. The summed E-state index contributed by atoms with van der Waals surface area (Å²) in [7, 11) is 0. The molecule has 0 aliphatic rings. The summed E-state index contributed by atoms with van der Waals surface area (Å²) in [5, 5.41) is 40.9. The SMILES string of the molecule is CC(C)C[C@@H](CCO)NC(=O)[C@H](Cc1cn(-c2ccc([N+](=O)[O-])cc2[N+](=O)[O-])cn1)NC(=O)[C@H](Cc1ccccc1)NC(=O)OCc1ccccc1. The summed E-state index contributed by atoms with van der Waals surface area (Å²) < 4.78 is 6.67. The van der Waals surface area contributed by atoms with E-state index in [1.807, 2.05) is 26.0 Å². The molecule has 4 aromatic rings. The van der Waals surface area contributed by atoms with Gasteiger partial charge in [-0.3, -0.25) is 34.4 Å². The van der Waals surface area contributed by atoms with E-state index in [4.69, 9.17) is 4.74 Å². The molecule has 0 aliphatic heterocycles. The van der Waals surface area contributed by atoms with Crippen molar-refractivity contribution in [2.75, 3.05) is 6.61 Å². The number of carbonyl (C=O) groups is 3. The Morgan fingerprint density at radius 2 is 1.48 bits per heavy atom. The van der Waals surface area contributed by atoms with Crippen molar-refractivity contribution in [1.82, 2.24) is 25.5 Å². The van der Waals surface area contributed by atoms with Crippen LogP contribution >= 0.6 is 0 Å². The standard InChI is InChI=1S/C36H41N7O9/c1-24(2)17-27(15-16-44)38-34(45)31(19-28-21-41(23-37-28)32-14-13-29(42(48)49)20-33(32)43(50)51)39-35(46)30(18-25-9-5-3-6-10-25)40-36(47)52-22-26-11-7-4-8-12-26/h3-14,20-21,23-24,27,30-31,44H,15-19,22H2,1-2H3,(H,38,45)(H,39,46)(H,40,47)/t27-,30+,31+/m1/s1. The molecule has 0 saturated carbocycles. The smallest absolute Gasteiger partial charge is 0.408 e. The van der Waals surface area contributed by atoms with E-state index in [9.17, 15) is 39.7 Å². The van der Waals surface area contributed by atoms with E-state index < -0.39 is 57.3 Å². The summed E-state index contributed by atoms with van der Waals surface area (Å²) in [4.78, 5) is 66.5. The second-order valence-corrected chi connectivity index (χ2v) is 12.5. The average Bonchev–Trinajstić information content (AvgIpc) is 3.59. The summed E-state index contributed by atoms with van der Waals surface area (Å²) in [5.74, 6) is -1.08. The maximum absolute atomic E-state index is 13.9. The molecular weight excluding hydrogens is 674 g/mol. The van der Waals surface area contributed by atoms with Crippen molar-refractivity contribution >= 4 is 29.3 Å². The summed E-state index contributed by atoms with van der Waals surface area (Å²) in [6.07, 6.45) is 2.56. The molecule has 1 heterocycles. The lowest BCUT2D eigenvalue weighted by atomic mass is 10.00. The van der Waals surface area contributed by atoms with Crippen LogP contribution in [0.1, 0.15) is 43.5 Å². The number of imidazole rings is 1. The molecule has 0 fully saturated rings. The Kier molecular flexibility index (Phi) is 13.9. The van der Waals surface area contributed by atoms with Gasteiger partial charge < -0.3 is 25.8 Å². The Morgan fingerprint density at radius 3 is 2.10 bits per heavy atom. The number of aromatic nitrogens is 2. The third kappa shape index (κ3) is 11.4. The molecule has 0 radical (unpaired) electrons. The molecule has 16 heteroatoms. The van der Waals surface area contributed by atoms with Crippen molar-refractivity contribution in [2.24, 2.45) is 5.92 Å². The predicted octanol–water partition coefficient (Wildman–Crippen LogP) is 4.17. The number of hydrogen-bond acceptors (Lipinski definition) is 10. The summed E-state index contributed by atoms with van der Waals surface area (Å²) >= 11 is 0. The van der Waals surface area contributed by atoms with Crippen molar-refractivity contribution in [3.05, 3.63) is 128 Å². The highest BCUT2D eigenvalue weighted by Gasteiger charge is 2.30. The van der Waals surface area contributed by atoms with E-state index in [1.54, 1.807) is 48.5 Å². The molecular formula is C36H41N7O9. The van der Waals surface area contributed by atoms with E-state index in [0.717, 1.165) is 23.3 Å². The molecule has 4 rings (SSSR count). The Hall–Kier alpha value is -6.16. The van der Waals surface area contributed by atoms with Gasteiger partial charge in [-0.1, -0.05) is 74.5 Å². The third-order valence-electron chi connectivity index (χ3n) is 8.01. The number of ether oxygens (including phenoxy) is 1. The van der Waals surface area contributed by atoms with Gasteiger partial charge in [0.05, 0.1) is 27.9 Å². The first kappa shape index (κ1) is 38.6. The summed E-state index contributed by atoms with van der Waals surface area (Å²) in [6, 6.07) is 18.3. The zero-order valence-electron chi connectivity index (χ0n) is 28.7. The number of amides is 3. The lowest BCUT2D eigenvalue weighted by Crippen LogP contribution is -2.56. The molecule has 0 aliphatic carbocycles. The molecule has 4 N–H and O–H groups in total. The van der Waals surface area contributed by atoms with Gasteiger partial charge in [0, 0.05) is 37.8 Å². The molecule has 0 bridgehead atoms.